The van der Waals surface area contributed by atoms with Gasteiger partial charge < -0.3 is 14.5 Å². The summed E-state index contributed by atoms with van der Waals surface area (Å²) in [7, 11) is 1.80. The van der Waals surface area contributed by atoms with Crippen LogP contribution in [-0.2, 0) is 20.0 Å². The van der Waals surface area contributed by atoms with Gasteiger partial charge in [-0.3, -0.25) is 4.79 Å². The summed E-state index contributed by atoms with van der Waals surface area (Å²) in [5.41, 5.74) is 2.35. The predicted molar refractivity (Wildman–Crippen MR) is 91.8 cm³/mol. The molecule has 24 heavy (non-hydrogen) atoms. The highest BCUT2D eigenvalue weighted by molar-refractivity contribution is 5.90. The first-order valence-electron chi connectivity index (χ1n) is 7.95. The summed E-state index contributed by atoms with van der Waals surface area (Å²) >= 11 is 0. The highest BCUT2D eigenvalue weighted by Gasteiger charge is 2.12. The summed E-state index contributed by atoms with van der Waals surface area (Å²) in [5, 5.41) is 2.90. The molecule has 0 aliphatic heterocycles. The van der Waals surface area contributed by atoms with Crippen molar-refractivity contribution in [1.29, 1.82) is 0 Å². The van der Waals surface area contributed by atoms with Gasteiger partial charge in [0.15, 0.2) is 5.82 Å². The lowest BCUT2D eigenvalue weighted by Gasteiger charge is -2.11. The first kappa shape index (κ1) is 16.0. The van der Waals surface area contributed by atoms with E-state index in [4.69, 9.17) is 0 Å². The van der Waals surface area contributed by atoms with Gasteiger partial charge in [-0.15, -0.1) is 0 Å². The monoisotopic (exact) mass is 323 g/mol. The standard InChI is InChI=1S/C18H21N5O/c1-14-12-21-16(23(14)13-15-6-4-3-5-7-15)8-9-20-18(24)17-19-10-11-22(17)2/h3-7,10-12H,8-9,13H2,1-2H3,(H,20,24). The van der Waals surface area contributed by atoms with E-state index in [9.17, 15) is 4.79 Å². The molecular formula is C18H21N5O. The molecule has 0 atom stereocenters. The number of imidazole rings is 2. The fraction of sp³-hybridized carbons (Fsp3) is 0.278. The van der Waals surface area contributed by atoms with Crippen molar-refractivity contribution in [2.24, 2.45) is 7.05 Å². The van der Waals surface area contributed by atoms with Gasteiger partial charge in [-0.25, -0.2) is 9.97 Å². The zero-order valence-electron chi connectivity index (χ0n) is 13.9. The molecule has 1 aromatic carbocycles. The summed E-state index contributed by atoms with van der Waals surface area (Å²) in [4.78, 5) is 20.6. The van der Waals surface area contributed by atoms with Crippen LogP contribution in [0.15, 0.2) is 48.9 Å². The second-order valence-corrected chi connectivity index (χ2v) is 5.76. The number of amides is 1. The van der Waals surface area contributed by atoms with Gasteiger partial charge in [0.25, 0.3) is 5.91 Å². The molecule has 0 radical (unpaired) electrons. The molecule has 0 bridgehead atoms. The van der Waals surface area contributed by atoms with Gasteiger partial charge >= 0.3 is 0 Å². The minimum atomic E-state index is -0.166. The van der Waals surface area contributed by atoms with Gasteiger partial charge in [0.05, 0.1) is 0 Å². The Balaban J connectivity index is 1.62. The smallest absolute Gasteiger partial charge is 0.287 e. The Bertz CT molecular complexity index is 819. The van der Waals surface area contributed by atoms with Crippen LogP contribution in [0, 0.1) is 6.92 Å². The lowest BCUT2D eigenvalue weighted by atomic mass is 10.2. The molecule has 124 valence electrons. The summed E-state index contributed by atoms with van der Waals surface area (Å²) in [6.07, 6.45) is 5.92. The number of nitrogens with zero attached hydrogens (tertiary/aromatic N) is 4. The number of rotatable bonds is 6. The van der Waals surface area contributed by atoms with Gasteiger partial charge in [0.2, 0.25) is 0 Å². The van der Waals surface area contributed by atoms with E-state index < -0.39 is 0 Å². The number of carbonyl (C=O) groups excluding carboxylic acids is 1. The van der Waals surface area contributed by atoms with Crippen molar-refractivity contribution >= 4 is 5.91 Å². The Labute approximate surface area is 141 Å². The summed E-state index contributed by atoms with van der Waals surface area (Å²) in [6.45, 7) is 3.36. The van der Waals surface area contributed by atoms with Crippen LogP contribution >= 0.6 is 0 Å². The van der Waals surface area contributed by atoms with Crippen molar-refractivity contribution in [2.45, 2.75) is 19.9 Å². The van der Waals surface area contributed by atoms with E-state index in [-0.39, 0.29) is 5.91 Å². The maximum atomic E-state index is 12.1. The van der Waals surface area contributed by atoms with Crippen LogP contribution in [0.1, 0.15) is 27.7 Å². The molecule has 0 saturated carbocycles. The Kier molecular flexibility index (Phi) is 4.74. The minimum Gasteiger partial charge on any atom is -0.349 e. The Morgan fingerprint density at radius 1 is 1.21 bits per heavy atom. The number of aromatic nitrogens is 4. The molecule has 3 aromatic rings. The quantitative estimate of drug-likeness (QED) is 0.754. The predicted octanol–water partition coefficient (Wildman–Crippen LogP) is 1.95. The second kappa shape index (κ2) is 7.12. The SMILES string of the molecule is Cc1cnc(CCNC(=O)c2nccn2C)n1Cc1ccccc1. The van der Waals surface area contributed by atoms with Crippen molar-refractivity contribution in [2.75, 3.05) is 6.54 Å². The lowest BCUT2D eigenvalue weighted by Crippen LogP contribution is -2.28. The van der Waals surface area contributed by atoms with Crippen LogP contribution in [-0.4, -0.2) is 31.6 Å². The van der Waals surface area contributed by atoms with Crippen molar-refractivity contribution in [3.8, 4) is 0 Å². The van der Waals surface area contributed by atoms with E-state index in [0.717, 1.165) is 18.1 Å². The van der Waals surface area contributed by atoms with Gasteiger partial charge in [0, 0.05) is 50.8 Å². The van der Waals surface area contributed by atoms with E-state index in [2.05, 4.69) is 32.0 Å². The number of aryl methyl sites for hydroxylation is 2. The first-order chi connectivity index (χ1) is 11.6. The molecule has 0 unspecified atom stereocenters. The van der Waals surface area contributed by atoms with Crippen LogP contribution in [0.3, 0.4) is 0 Å². The molecule has 2 aromatic heterocycles. The molecule has 1 N–H and O–H groups in total. The molecule has 0 aliphatic carbocycles. The molecule has 0 fully saturated rings. The highest BCUT2D eigenvalue weighted by Crippen LogP contribution is 2.10. The van der Waals surface area contributed by atoms with E-state index in [1.165, 1.54) is 5.56 Å². The maximum Gasteiger partial charge on any atom is 0.287 e. The molecule has 2 heterocycles. The van der Waals surface area contributed by atoms with E-state index in [1.807, 2.05) is 31.3 Å². The molecule has 6 nitrogen and oxygen atoms in total. The molecule has 3 rings (SSSR count). The zero-order chi connectivity index (χ0) is 16.9. The van der Waals surface area contributed by atoms with Crippen molar-refractivity contribution in [3.63, 3.8) is 0 Å². The van der Waals surface area contributed by atoms with Gasteiger partial charge in [-0.1, -0.05) is 30.3 Å². The van der Waals surface area contributed by atoms with Crippen molar-refractivity contribution in [1.82, 2.24) is 24.4 Å². The van der Waals surface area contributed by atoms with Gasteiger partial charge in [-0.2, -0.15) is 0 Å². The van der Waals surface area contributed by atoms with Gasteiger partial charge in [0.1, 0.15) is 5.82 Å². The van der Waals surface area contributed by atoms with Crippen LogP contribution in [0.5, 0.6) is 0 Å². The Morgan fingerprint density at radius 3 is 2.71 bits per heavy atom. The van der Waals surface area contributed by atoms with E-state index in [1.54, 1.807) is 24.0 Å². The van der Waals surface area contributed by atoms with Gasteiger partial charge in [-0.05, 0) is 12.5 Å². The summed E-state index contributed by atoms with van der Waals surface area (Å²) in [6, 6.07) is 10.3. The van der Waals surface area contributed by atoms with E-state index >= 15 is 0 Å². The maximum absolute atomic E-state index is 12.1. The molecule has 1 amide bonds. The number of carbonyl (C=O) groups is 1. The molecule has 6 heteroatoms. The largest absolute Gasteiger partial charge is 0.349 e. The second-order valence-electron chi connectivity index (χ2n) is 5.76. The summed E-state index contributed by atoms with van der Waals surface area (Å²) in [5.74, 6) is 1.22. The molecular weight excluding hydrogens is 302 g/mol. The van der Waals surface area contributed by atoms with Crippen LogP contribution < -0.4 is 5.32 Å². The summed E-state index contributed by atoms with van der Waals surface area (Å²) < 4.78 is 3.89. The normalized spacial score (nSPS) is 10.8. The van der Waals surface area contributed by atoms with Crippen LogP contribution in [0.25, 0.3) is 0 Å². The third-order valence-corrected chi connectivity index (χ3v) is 3.98. The Hall–Kier alpha value is -2.89. The van der Waals surface area contributed by atoms with Crippen LogP contribution in [0.2, 0.25) is 0 Å². The fourth-order valence-corrected chi connectivity index (χ4v) is 2.64. The lowest BCUT2D eigenvalue weighted by molar-refractivity contribution is 0.0940. The van der Waals surface area contributed by atoms with E-state index in [0.29, 0.717) is 18.8 Å². The average Bonchev–Trinajstić information content (AvgIpc) is 3.16. The zero-order valence-corrected chi connectivity index (χ0v) is 13.9. The Morgan fingerprint density at radius 2 is 2.00 bits per heavy atom. The number of nitrogens with one attached hydrogen (secondary N) is 1. The number of benzene rings is 1. The van der Waals surface area contributed by atoms with Crippen molar-refractivity contribution in [3.05, 3.63) is 71.8 Å². The molecule has 0 spiro atoms. The first-order valence-corrected chi connectivity index (χ1v) is 7.95. The number of hydrogen-bond donors (Lipinski definition) is 1. The van der Waals surface area contributed by atoms with Crippen LogP contribution in [0.4, 0.5) is 0 Å². The van der Waals surface area contributed by atoms with Crippen molar-refractivity contribution < 1.29 is 4.79 Å². The molecule has 0 aliphatic rings. The highest BCUT2D eigenvalue weighted by atomic mass is 16.2. The topological polar surface area (TPSA) is 64.7 Å². The average molecular weight is 323 g/mol. The fourth-order valence-electron chi connectivity index (χ4n) is 2.64. The number of hydrogen-bond acceptors (Lipinski definition) is 3. The third kappa shape index (κ3) is 3.53. The minimum absolute atomic E-state index is 0.166. The molecule has 0 saturated heterocycles. The third-order valence-electron chi connectivity index (χ3n) is 3.98.